The van der Waals surface area contributed by atoms with Crippen LogP contribution in [0.1, 0.15) is 31.7 Å². The zero-order chi connectivity index (χ0) is 14.2. The molecule has 0 spiro atoms. The molecule has 1 aromatic heterocycles. The van der Waals surface area contributed by atoms with E-state index in [4.69, 9.17) is 0 Å². The third-order valence-electron chi connectivity index (χ3n) is 3.47. The van der Waals surface area contributed by atoms with E-state index in [2.05, 4.69) is 44.6 Å². The highest BCUT2D eigenvalue weighted by atomic mass is 15.2. The molecule has 2 heterocycles. The van der Waals surface area contributed by atoms with Crippen LogP contribution in [0, 0.1) is 0 Å². The minimum atomic E-state index is 0.747. The zero-order valence-electron chi connectivity index (χ0n) is 12.5. The number of anilines is 1. The van der Waals surface area contributed by atoms with Gasteiger partial charge in [-0.2, -0.15) is 0 Å². The van der Waals surface area contributed by atoms with Crippen molar-refractivity contribution in [2.24, 2.45) is 4.99 Å². The smallest absolute Gasteiger partial charge is 0.191 e. The van der Waals surface area contributed by atoms with Crippen molar-refractivity contribution in [1.82, 2.24) is 15.6 Å². The van der Waals surface area contributed by atoms with Crippen LogP contribution >= 0.6 is 0 Å². The van der Waals surface area contributed by atoms with E-state index in [-0.39, 0.29) is 0 Å². The van der Waals surface area contributed by atoms with Crippen molar-refractivity contribution in [2.75, 3.05) is 31.6 Å². The van der Waals surface area contributed by atoms with Gasteiger partial charge < -0.3 is 15.5 Å². The molecule has 2 N–H and O–H groups in total. The third kappa shape index (κ3) is 4.11. The van der Waals surface area contributed by atoms with Crippen LogP contribution in [0.2, 0.25) is 0 Å². The molecule has 1 aromatic rings. The van der Waals surface area contributed by atoms with Crippen molar-refractivity contribution in [1.29, 1.82) is 0 Å². The maximum Gasteiger partial charge on any atom is 0.191 e. The summed E-state index contributed by atoms with van der Waals surface area (Å²) < 4.78 is 0. The Balaban J connectivity index is 1.84. The second-order valence-electron chi connectivity index (χ2n) is 5.07. The standard InChI is InChI=1S/C15H25N5/c1-3-8-17-15(16-2)19-12-13-6-7-14(18-11-13)20-9-4-5-10-20/h6-7,11H,3-5,8-10,12H2,1-2H3,(H2,16,17,19). The predicted octanol–water partition coefficient (Wildman–Crippen LogP) is 1.76. The van der Waals surface area contributed by atoms with Gasteiger partial charge in [-0.1, -0.05) is 13.0 Å². The summed E-state index contributed by atoms with van der Waals surface area (Å²) in [4.78, 5) is 11.1. The molecule has 5 nitrogen and oxygen atoms in total. The highest BCUT2D eigenvalue weighted by molar-refractivity contribution is 5.79. The first-order valence-electron chi connectivity index (χ1n) is 7.48. The van der Waals surface area contributed by atoms with Gasteiger partial charge in [-0.15, -0.1) is 0 Å². The Morgan fingerprint density at radius 1 is 1.30 bits per heavy atom. The minimum absolute atomic E-state index is 0.747. The van der Waals surface area contributed by atoms with Gasteiger partial charge in [-0.25, -0.2) is 4.98 Å². The lowest BCUT2D eigenvalue weighted by Gasteiger charge is -2.16. The average Bonchev–Trinajstić information content (AvgIpc) is 3.02. The molecule has 0 saturated carbocycles. The molecule has 0 bridgehead atoms. The fraction of sp³-hybridized carbons (Fsp3) is 0.600. The molecular formula is C15H25N5. The molecule has 0 aliphatic carbocycles. The average molecular weight is 275 g/mol. The monoisotopic (exact) mass is 275 g/mol. The molecular weight excluding hydrogens is 250 g/mol. The second-order valence-corrected chi connectivity index (χ2v) is 5.07. The van der Waals surface area contributed by atoms with Crippen LogP contribution in [0.5, 0.6) is 0 Å². The number of hydrogen-bond donors (Lipinski definition) is 2. The lowest BCUT2D eigenvalue weighted by Crippen LogP contribution is -2.37. The van der Waals surface area contributed by atoms with Crippen LogP contribution in [-0.2, 0) is 6.54 Å². The van der Waals surface area contributed by atoms with Crippen molar-refractivity contribution >= 4 is 11.8 Å². The lowest BCUT2D eigenvalue weighted by atomic mass is 10.3. The normalized spacial score (nSPS) is 15.5. The van der Waals surface area contributed by atoms with E-state index in [9.17, 15) is 0 Å². The maximum absolute atomic E-state index is 4.55. The number of aromatic nitrogens is 1. The fourth-order valence-corrected chi connectivity index (χ4v) is 2.30. The molecule has 2 rings (SSSR count). The number of nitrogens with one attached hydrogen (secondary N) is 2. The van der Waals surface area contributed by atoms with Gasteiger partial charge in [0.25, 0.3) is 0 Å². The number of aliphatic imine (C=N–C) groups is 1. The van der Waals surface area contributed by atoms with E-state index in [1.54, 1.807) is 7.05 Å². The van der Waals surface area contributed by atoms with Gasteiger partial charge in [-0.3, -0.25) is 4.99 Å². The van der Waals surface area contributed by atoms with Gasteiger partial charge in [0, 0.05) is 39.4 Å². The number of hydrogen-bond acceptors (Lipinski definition) is 3. The minimum Gasteiger partial charge on any atom is -0.357 e. The molecule has 110 valence electrons. The van der Waals surface area contributed by atoms with Crippen molar-refractivity contribution in [3.05, 3.63) is 23.9 Å². The Morgan fingerprint density at radius 2 is 2.10 bits per heavy atom. The van der Waals surface area contributed by atoms with Crippen molar-refractivity contribution in [3.63, 3.8) is 0 Å². The molecule has 0 amide bonds. The number of pyridine rings is 1. The molecule has 0 aromatic carbocycles. The molecule has 1 aliphatic heterocycles. The van der Waals surface area contributed by atoms with Gasteiger partial charge in [-0.05, 0) is 30.9 Å². The van der Waals surface area contributed by atoms with E-state index in [1.807, 2.05) is 6.20 Å². The molecule has 1 fully saturated rings. The van der Waals surface area contributed by atoms with Crippen LogP contribution < -0.4 is 15.5 Å². The Bertz CT molecular complexity index is 420. The summed E-state index contributed by atoms with van der Waals surface area (Å²) in [7, 11) is 1.79. The summed E-state index contributed by atoms with van der Waals surface area (Å²) in [5.74, 6) is 1.94. The van der Waals surface area contributed by atoms with Crippen molar-refractivity contribution < 1.29 is 0 Å². The predicted molar refractivity (Wildman–Crippen MR) is 84.2 cm³/mol. The van der Waals surface area contributed by atoms with Crippen LogP contribution in [0.15, 0.2) is 23.3 Å². The van der Waals surface area contributed by atoms with Gasteiger partial charge in [0.1, 0.15) is 5.82 Å². The molecule has 0 radical (unpaired) electrons. The second kappa shape index (κ2) is 7.72. The Labute approximate surface area is 121 Å². The molecule has 0 atom stereocenters. The zero-order valence-corrected chi connectivity index (χ0v) is 12.5. The topological polar surface area (TPSA) is 52.6 Å². The third-order valence-corrected chi connectivity index (χ3v) is 3.47. The molecule has 1 saturated heterocycles. The Kier molecular flexibility index (Phi) is 5.65. The summed E-state index contributed by atoms with van der Waals surface area (Å²) in [6, 6.07) is 4.26. The first kappa shape index (κ1) is 14.6. The van der Waals surface area contributed by atoms with E-state index >= 15 is 0 Å². The van der Waals surface area contributed by atoms with Crippen LogP contribution in [-0.4, -0.2) is 37.6 Å². The molecule has 20 heavy (non-hydrogen) atoms. The van der Waals surface area contributed by atoms with E-state index in [0.717, 1.165) is 44.4 Å². The molecule has 0 unspecified atom stereocenters. The van der Waals surface area contributed by atoms with Gasteiger partial charge in [0.2, 0.25) is 0 Å². The summed E-state index contributed by atoms with van der Waals surface area (Å²) in [5.41, 5.74) is 1.17. The number of nitrogens with zero attached hydrogens (tertiary/aromatic N) is 3. The molecule has 5 heteroatoms. The van der Waals surface area contributed by atoms with Crippen LogP contribution in [0.3, 0.4) is 0 Å². The fourth-order valence-electron chi connectivity index (χ4n) is 2.30. The van der Waals surface area contributed by atoms with Crippen LogP contribution in [0.4, 0.5) is 5.82 Å². The quantitative estimate of drug-likeness (QED) is 0.635. The first-order chi connectivity index (χ1) is 9.83. The SMILES string of the molecule is CCCNC(=NC)NCc1ccc(N2CCCC2)nc1. The Morgan fingerprint density at radius 3 is 2.70 bits per heavy atom. The van der Waals surface area contributed by atoms with E-state index in [1.165, 1.54) is 18.4 Å². The summed E-state index contributed by atoms with van der Waals surface area (Å²) in [5, 5.41) is 6.55. The lowest BCUT2D eigenvalue weighted by molar-refractivity contribution is 0.780. The van der Waals surface area contributed by atoms with Crippen molar-refractivity contribution in [3.8, 4) is 0 Å². The number of guanidine groups is 1. The van der Waals surface area contributed by atoms with Gasteiger partial charge in [0.15, 0.2) is 5.96 Å². The van der Waals surface area contributed by atoms with Crippen molar-refractivity contribution in [2.45, 2.75) is 32.7 Å². The summed E-state index contributed by atoms with van der Waals surface area (Å²) >= 11 is 0. The summed E-state index contributed by atoms with van der Waals surface area (Å²) in [6.07, 6.45) is 5.61. The molecule has 1 aliphatic rings. The van der Waals surface area contributed by atoms with Gasteiger partial charge >= 0.3 is 0 Å². The highest BCUT2D eigenvalue weighted by Gasteiger charge is 2.12. The number of rotatable bonds is 5. The largest absolute Gasteiger partial charge is 0.357 e. The summed E-state index contributed by atoms with van der Waals surface area (Å²) in [6.45, 7) is 6.10. The van der Waals surface area contributed by atoms with E-state index in [0.29, 0.717) is 0 Å². The van der Waals surface area contributed by atoms with Gasteiger partial charge in [0.05, 0.1) is 0 Å². The van der Waals surface area contributed by atoms with Crippen LogP contribution in [0.25, 0.3) is 0 Å². The highest BCUT2D eigenvalue weighted by Crippen LogP contribution is 2.17. The first-order valence-corrected chi connectivity index (χ1v) is 7.48. The Hall–Kier alpha value is -1.78. The van der Waals surface area contributed by atoms with E-state index < -0.39 is 0 Å². The maximum atomic E-state index is 4.55.